The van der Waals surface area contributed by atoms with Crippen molar-refractivity contribution in [1.82, 2.24) is 0 Å². The summed E-state index contributed by atoms with van der Waals surface area (Å²) in [4.78, 5) is 0. The van der Waals surface area contributed by atoms with E-state index in [1.807, 2.05) is 6.92 Å². The number of alkyl halides is 3. The Morgan fingerprint density at radius 1 is 1.18 bits per heavy atom. The molecule has 0 spiro atoms. The zero-order valence-corrected chi connectivity index (χ0v) is 15.4. The van der Waals surface area contributed by atoms with Crippen molar-refractivity contribution in [1.29, 1.82) is 0 Å². The number of halogens is 3. The van der Waals surface area contributed by atoms with Crippen molar-refractivity contribution in [3.05, 3.63) is 12.7 Å². The fourth-order valence-electron chi connectivity index (χ4n) is 4.74. The van der Waals surface area contributed by atoms with Crippen molar-refractivity contribution in [3.8, 4) is 0 Å². The number of allylic oxidation sites excluding steroid dienone is 1. The van der Waals surface area contributed by atoms with Crippen LogP contribution in [0.5, 0.6) is 0 Å². The van der Waals surface area contributed by atoms with Crippen LogP contribution in [0.25, 0.3) is 0 Å². The normalized spacial score (nSPS) is 41.4. The number of ether oxygens (including phenoxy) is 2. The van der Waals surface area contributed by atoms with Gasteiger partial charge < -0.3 is 9.47 Å². The van der Waals surface area contributed by atoms with Gasteiger partial charge in [0.25, 0.3) is 0 Å². The average molecular weight is 368 g/mol. The highest BCUT2D eigenvalue weighted by molar-refractivity contribution is 6.68. The zero-order chi connectivity index (χ0) is 16.1. The zero-order valence-electron chi connectivity index (χ0n) is 13.2. The molecule has 0 amide bonds. The molecule has 2 atom stereocenters. The maximum Gasteiger partial charge on any atom is 0.219 e. The minimum Gasteiger partial charge on any atom is -0.353 e. The van der Waals surface area contributed by atoms with Gasteiger partial charge >= 0.3 is 0 Å². The first-order chi connectivity index (χ1) is 10.3. The van der Waals surface area contributed by atoms with Crippen LogP contribution < -0.4 is 0 Å². The van der Waals surface area contributed by atoms with E-state index in [1.165, 1.54) is 0 Å². The quantitative estimate of drug-likeness (QED) is 0.462. The maximum absolute atomic E-state index is 6.44. The molecule has 0 aromatic rings. The fraction of sp³-hybridized carbons (Fsp3) is 0.882. The summed E-state index contributed by atoms with van der Waals surface area (Å²) in [6, 6.07) is 0. The monoisotopic (exact) mass is 366 g/mol. The van der Waals surface area contributed by atoms with Crippen LogP contribution in [0.3, 0.4) is 0 Å². The smallest absolute Gasteiger partial charge is 0.219 e. The second-order valence-electron chi connectivity index (χ2n) is 7.47. The van der Waals surface area contributed by atoms with Crippen LogP contribution in [-0.4, -0.2) is 22.3 Å². The summed E-state index contributed by atoms with van der Waals surface area (Å²) in [6.07, 6.45) is 10.2. The molecule has 126 valence electrons. The third-order valence-corrected chi connectivity index (χ3v) is 7.47. The number of hydrogen-bond donors (Lipinski definition) is 0. The van der Waals surface area contributed by atoms with Crippen molar-refractivity contribution in [2.45, 2.75) is 74.0 Å². The van der Waals surface area contributed by atoms with Gasteiger partial charge in [-0.05, 0) is 63.7 Å². The molecular formula is C17H25Cl3O2. The molecule has 0 aromatic heterocycles. The molecule has 1 saturated heterocycles. The van der Waals surface area contributed by atoms with Crippen LogP contribution in [0.2, 0.25) is 0 Å². The van der Waals surface area contributed by atoms with Crippen LogP contribution in [0.1, 0.15) is 58.3 Å². The summed E-state index contributed by atoms with van der Waals surface area (Å²) in [6.45, 7) is 6.74. The van der Waals surface area contributed by atoms with E-state index in [0.717, 1.165) is 58.0 Å². The Bertz CT molecular complexity index is 432. The predicted molar refractivity (Wildman–Crippen MR) is 91.5 cm³/mol. The van der Waals surface area contributed by atoms with Crippen molar-refractivity contribution in [2.24, 2.45) is 10.8 Å². The van der Waals surface area contributed by atoms with Crippen molar-refractivity contribution >= 4 is 34.8 Å². The van der Waals surface area contributed by atoms with Crippen LogP contribution >= 0.6 is 34.8 Å². The van der Waals surface area contributed by atoms with Crippen LogP contribution in [0.4, 0.5) is 0 Å². The van der Waals surface area contributed by atoms with E-state index in [4.69, 9.17) is 44.3 Å². The van der Waals surface area contributed by atoms with Gasteiger partial charge in [0.2, 0.25) is 3.79 Å². The predicted octanol–water partition coefficient (Wildman–Crippen LogP) is 5.80. The summed E-state index contributed by atoms with van der Waals surface area (Å²) >= 11 is 19.3. The van der Waals surface area contributed by atoms with Gasteiger partial charge in [-0.3, -0.25) is 0 Å². The van der Waals surface area contributed by atoms with Crippen molar-refractivity contribution in [3.63, 3.8) is 0 Å². The molecular weight excluding hydrogens is 343 g/mol. The van der Waals surface area contributed by atoms with Gasteiger partial charge in [0.15, 0.2) is 6.29 Å². The minimum absolute atomic E-state index is 0.104. The molecule has 2 unspecified atom stereocenters. The topological polar surface area (TPSA) is 18.5 Å². The lowest BCUT2D eigenvalue weighted by Crippen LogP contribution is -2.57. The van der Waals surface area contributed by atoms with Gasteiger partial charge in [-0.2, -0.15) is 0 Å². The van der Waals surface area contributed by atoms with E-state index in [-0.39, 0.29) is 17.1 Å². The Morgan fingerprint density at radius 3 is 2.32 bits per heavy atom. The van der Waals surface area contributed by atoms with E-state index in [1.54, 1.807) is 0 Å². The van der Waals surface area contributed by atoms with E-state index in [0.29, 0.717) is 0 Å². The Hall–Kier alpha value is 0.530. The van der Waals surface area contributed by atoms with Crippen molar-refractivity contribution < 1.29 is 9.47 Å². The summed E-state index contributed by atoms with van der Waals surface area (Å²) in [5.41, 5.74) is -0.741. The van der Waals surface area contributed by atoms with Gasteiger partial charge in [-0.25, -0.2) is 0 Å². The van der Waals surface area contributed by atoms with Gasteiger partial charge in [-0.15, -0.1) is 6.58 Å². The summed E-state index contributed by atoms with van der Waals surface area (Å²) < 4.78 is 10.7. The molecule has 3 fully saturated rings. The molecule has 5 heteroatoms. The molecule has 3 rings (SSSR count). The van der Waals surface area contributed by atoms with Crippen LogP contribution in [-0.2, 0) is 9.47 Å². The third kappa shape index (κ3) is 2.63. The molecule has 2 aliphatic carbocycles. The van der Waals surface area contributed by atoms with Crippen molar-refractivity contribution in [2.75, 3.05) is 6.61 Å². The molecule has 2 bridgehead atoms. The lowest BCUT2D eigenvalue weighted by atomic mass is 9.70. The van der Waals surface area contributed by atoms with E-state index in [9.17, 15) is 0 Å². The van der Waals surface area contributed by atoms with E-state index in [2.05, 4.69) is 12.7 Å². The number of fused-ring (bicyclic) bond motifs is 2. The van der Waals surface area contributed by atoms with Gasteiger partial charge in [0.1, 0.15) is 5.60 Å². The van der Waals surface area contributed by atoms with Gasteiger partial charge in [-0.1, -0.05) is 40.9 Å². The fourth-order valence-corrected chi connectivity index (χ4v) is 5.47. The van der Waals surface area contributed by atoms with Crippen LogP contribution in [0, 0.1) is 10.8 Å². The Balaban J connectivity index is 1.88. The Morgan fingerprint density at radius 2 is 1.86 bits per heavy atom. The average Bonchev–Trinajstić information content (AvgIpc) is 3.05. The highest BCUT2D eigenvalue weighted by Gasteiger charge is 2.67. The number of rotatable bonds is 4. The molecule has 0 aromatic carbocycles. The second-order valence-corrected chi connectivity index (χ2v) is 9.75. The van der Waals surface area contributed by atoms with Crippen LogP contribution in [0.15, 0.2) is 12.7 Å². The molecule has 1 heterocycles. The summed E-state index contributed by atoms with van der Waals surface area (Å²) in [7, 11) is 0. The first-order valence-corrected chi connectivity index (χ1v) is 9.39. The minimum atomic E-state index is -1.48. The number of hydrogen-bond acceptors (Lipinski definition) is 2. The standard InChI is InChI=1S/C17H25Cl3O2/c1-3-15-7-9-16(12-15,10-8-15)14(2,17(18,19)20)22-13-6-4-5-11-21-13/h3,13H,1,4-12H2,2H3. The second kappa shape index (κ2) is 5.81. The highest BCUT2D eigenvalue weighted by Crippen LogP contribution is 2.70. The molecule has 2 saturated carbocycles. The molecule has 22 heavy (non-hydrogen) atoms. The highest BCUT2D eigenvalue weighted by atomic mass is 35.6. The van der Waals surface area contributed by atoms with Gasteiger partial charge in [0.05, 0.1) is 0 Å². The largest absolute Gasteiger partial charge is 0.353 e. The van der Waals surface area contributed by atoms with E-state index < -0.39 is 9.39 Å². The van der Waals surface area contributed by atoms with E-state index >= 15 is 0 Å². The SMILES string of the molecule is C=CC12CCC(C(C)(OC3CCCCO3)C(Cl)(Cl)Cl)(CC1)C2. The first-order valence-electron chi connectivity index (χ1n) is 8.26. The van der Waals surface area contributed by atoms with Gasteiger partial charge in [0, 0.05) is 12.0 Å². The molecule has 0 N–H and O–H groups in total. The maximum atomic E-state index is 6.44. The first kappa shape index (κ1) is 17.4. The Kier molecular flexibility index (Phi) is 4.58. The molecule has 2 nitrogen and oxygen atoms in total. The molecule has 0 radical (unpaired) electrons. The summed E-state index contributed by atoms with van der Waals surface area (Å²) in [5.74, 6) is 0. The summed E-state index contributed by atoms with van der Waals surface area (Å²) in [5, 5.41) is 0. The third-order valence-electron chi connectivity index (χ3n) is 6.38. The molecule has 3 aliphatic rings. The molecule has 1 aliphatic heterocycles. The lowest BCUT2D eigenvalue weighted by Gasteiger charge is -2.50. The lowest BCUT2D eigenvalue weighted by molar-refractivity contribution is -0.251. The Labute approximate surface area is 148 Å².